The van der Waals surface area contributed by atoms with Crippen molar-refractivity contribution in [1.82, 2.24) is 0 Å². The highest BCUT2D eigenvalue weighted by Gasteiger charge is 2.34. The number of hydrogen-bond donors (Lipinski definition) is 0. The third kappa shape index (κ3) is 17.3. The Morgan fingerprint density at radius 3 is 0.777 bits per heavy atom. The van der Waals surface area contributed by atoms with E-state index in [4.69, 9.17) is 85.3 Å². The van der Waals surface area contributed by atoms with Crippen molar-refractivity contribution in [3.05, 3.63) is 157 Å². The second-order valence-corrected chi connectivity index (χ2v) is 22.9. The molecule has 2 atom stereocenters. The van der Waals surface area contributed by atoms with Crippen LogP contribution >= 0.6 is 0 Å². The summed E-state index contributed by atoms with van der Waals surface area (Å²) < 4.78 is 109. The van der Waals surface area contributed by atoms with E-state index in [9.17, 15) is 0 Å². The van der Waals surface area contributed by atoms with Crippen LogP contribution in [-0.4, -0.2) is 172 Å². The first-order chi connectivity index (χ1) is 46.5. The molecule has 0 saturated carbocycles. The molecule has 94 heavy (non-hydrogen) atoms. The molecule has 4 aliphatic heterocycles. The van der Waals surface area contributed by atoms with Gasteiger partial charge in [-0.25, -0.2) is 0 Å². The average Bonchev–Trinajstić information content (AvgIpc) is 0.735. The molecule has 8 aromatic carbocycles. The maximum atomic E-state index is 6.61. The highest BCUT2D eigenvalue weighted by molar-refractivity contribution is 6.10. The Morgan fingerprint density at radius 2 is 0.468 bits per heavy atom. The summed E-state index contributed by atoms with van der Waals surface area (Å²) in [7, 11) is 0. The Bertz CT molecular complexity index is 3530. The number of hydrogen-bond acceptors (Lipinski definition) is 18. The van der Waals surface area contributed by atoms with Crippen molar-refractivity contribution in [3.8, 4) is 79.7 Å². The molecule has 4 heterocycles. The SMILES string of the molecule is CC1COc2ccc3cc(-c4ccc5c(c4)OCCOCCOCCOc4ccccc4OCCOCCOCCO5)ccc3c2/C1=C1/c2c(ccc3cc(-c4ccc5c(c4)OCCOCCOCCOc4ccccc4OCCOCCOCCO5)ccc23)OCC1C. The van der Waals surface area contributed by atoms with Crippen LogP contribution in [0.2, 0.25) is 0 Å². The summed E-state index contributed by atoms with van der Waals surface area (Å²) in [6.07, 6.45) is 0. The van der Waals surface area contributed by atoms with E-state index >= 15 is 0 Å². The van der Waals surface area contributed by atoms with Crippen LogP contribution in [0.15, 0.2) is 146 Å². The Hall–Kier alpha value is -8.30. The third-order valence-corrected chi connectivity index (χ3v) is 16.4. The van der Waals surface area contributed by atoms with Gasteiger partial charge >= 0.3 is 0 Å². The maximum Gasteiger partial charge on any atom is 0.161 e. The number of fused-ring (bicyclic) bond motifs is 10. The van der Waals surface area contributed by atoms with E-state index in [1.807, 2.05) is 72.8 Å². The second-order valence-electron chi connectivity index (χ2n) is 22.9. The fourth-order valence-corrected chi connectivity index (χ4v) is 11.9. The van der Waals surface area contributed by atoms with Crippen molar-refractivity contribution in [2.24, 2.45) is 11.8 Å². The fraction of sp³-hybridized carbons (Fsp3) is 0.395. The van der Waals surface area contributed by atoms with Gasteiger partial charge in [0.15, 0.2) is 46.0 Å². The molecule has 0 aliphatic carbocycles. The fourth-order valence-electron chi connectivity index (χ4n) is 11.9. The molecule has 0 radical (unpaired) electrons. The predicted octanol–water partition coefficient (Wildman–Crippen LogP) is 12.9. The lowest BCUT2D eigenvalue weighted by Crippen LogP contribution is -2.24. The van der Waals surface area contributed by atoms with E-state index in [1.165, 1.54) is 11.1 Å². The molecular weight excluding hydrogens is 1200 g/mol. The van der Waals surface area contributed by atoms with Gasteiger partial charge in [0.25, 0.3) is 0 Å². The molecule has 0 bridgehead atoms. The van der Waals surface area contributed by atoms with E-state index in [1.54, 1.807) is 0 Å². The zero-order chi connectivity index (χ0) is 63.9. The number of benzene rings is 8. The molecule has 0 amide bonds. The van der Waals surface area contributed by atoms with Gasteiger partial charge in [-0.15, -0.1) is 0 Å². The smallest absolute Gasteiger partial charge is 0.161 e. The summed E-state index contributed by atoms with van der Waals surface area (Å²) in [5.74, 6) is 6.99. The van der Waals surface area contributed by atoms with Crippen LogP contribution in [0.5, 0.6) is 57.5 Å². The van der Waals surface area contributed by atoms with E-state index in [2.05, 4.69) is 86.6 Å². The van der Waals surface area contributed by atoms with E-state index in [-0.39, 0.29) is 11.8 Å². The Kier molecular flexibility index (Phi) is 23.9. The van der Waals surface area contributed by atoms with Crippen LogP contribution in [-0.2, 0) is 37.9 Å². The van der Waals surface area contributed by atoms with Crippen molar-refractivity contribution in [2.45, 2.75) is 13.8 Å². The normalized spacial score (nSPS) is 20.1. The van der Waals surface area contributed by atoms with Crippen molar-refractivity contribution < 1.29 is 85.3 Å². The van der Waals surface area contributed by atoms with Crippen LogP contribution in [0.4, 0.5) is 0 Å². The van der Waals surface area contributed by atoms with Crippen LogP contribution in [0.1, 0.15) is 25.0 Å². The number of rotatable bonds is 2. The van der Waals surface area contributed by atoms with E-state index in [0.717, 1.165) is 66.4 Å². The first kappa shape index (κ1) is 65.7. The summed E-state index contributed by atoms with van der Waals surface area (Å²) in [6.45, 7) is 14.9. The van der Waals surface area contributed by atoms with Crippen LogP contribution in [0, 0.1) is 11.8 Å². The number of ether oxygens (including phenoxy) is 18. The molecule has 0 spiro atoms. The summed E-state index contributed by atoms with van der Waals surface area (Å²) >= 11 is 0. The van der Waals surface area contributed by atoms with Gasteiger partial charge in [-0.3, -0.25) is 0 Å². The summed E-state index contributed by atoms with van der Waals surface area (Å²) in [6, 6.07) is 49.2. The quantitative estimate of drug-likeness (QED) is 0.160. The van der Waals surface area contributed by atoms with Crippen LogP contribution in [0.25, 0.3) is 54.9 Å². The summed E-state index contributed by atoms with van der Waals surface area (Å²) in [4.78, 5) is 0. The molecule has 8 aromatic rings. The molecule has 18 heteroatoms. The Labute approximate surface area is 549 Å². The van der Waals surface area contributed by atoms with Crippen molar-refractivity contribution in [1.29, 1.82) is 0 Å². The molecule has 0 aromatic heterocycles. The van der Waals surface area contributed by atoms with Gasteiger partial charge in [-0.05, 0) is 128 Å². The van der Waals surface area contributed by atoms with Gasteiger partial charge < -0.3 is 85.3 Å². The van der Waals surface area contributed by atoms with Crippen LogP contribution < -0.4 is 47.4 Å². The molecule has 496 valence electrons. The van der Waals surface area contributed by atoms with Crippen molar-refractivity contribution in [3.63, 3.8) is 0 Å². The molecule has 2 unspecified atom stereocenters. The van der Waals surface area contributed by atoms with Gasteiger partial charge in [-0.1, -0.05) is 86.6 Å². The summed E-state index contributed by atoms with van der Waals surface area (Å²) in [5, 5.41) is 4.41. The Balaban J connectivity index is 0.754. The first-order valence-electron chi connectivity index (χ1n) is 32.8. The third-order valence-electron chi connectivity index (χ3n) is 16.4. The molecule has 0 saturated heterocycles. The van der Waals surface area contributed by atoms with E-state index in [0.29, 0.717) is 218 Å². The minimum absolute atomic E-state index is 0.0858. The molecule has 4 aliphatic rings. The monoisotopic (exact) mass is 1280 g/mol. The zero-order valence-corrected chi connectivity index (χ0v) is 53.7. The molecule has 18 nitrogen and oxygen atoms in total. The predicted molar refractivity (Wildman–Crippen MR) is 358 cm³/mol. The second kappa shape index (κ2) is 34.2. The highest BCUT2D eigenvalue weighted by atomic mass is 16.6. The first-order valence-corrected chi connectivity index (χ1v) is 32.8. The molecule has 12 rings (SSSR count). The van der Waals surface area contributed by atoms with Crippen molar-refractivity contribution >= 4 is 32.7 Å². The molecular formula is C76H84O18. The molecule has 0 fully saturated rings. The largest absolute Gasteiger partial charge is 0.492 e. The maximum absolute atomic E-state index is 6.61. The topological polar surface area (TPSA) is 166 Å². The van der Waals surface area contributed by atoms with Crippen LogP contribution in [0.3, 0.4) is 0 Å². The molecule has 0 N–H and O–H groups in total. The number of para-hydroxylation sites is 4. The minimum atomic E-state index is 0.0858. The lowest BCUT2D eigenvalue weighted by Gasteiger charge is -2.35. The Morgan fingerprint density at radius 1 is 0.223 bits per heavy atom. The average molecular weight is 1290 g/mol. The van der Waals surface area contributed by atoms with Crippen molar-refractivity contribution in [2.75, 3.05) is 172 Å². The highest BCUT2D eigenvalue weighted by Crippen LogP contribution is 2.52. The van der Waals surface area contributed by atoms with Gasteiger partial charge in [0, 0.05) is 23.0 Å². The zero-order valence-electron chi connectivity index (χ0n) is 53.7. The van der Waals surface area contributed by atoms with Gasteiger partial charge in [-0.2, -0.15) is 0 Å². The van der Waals surface area contributed by atoms with Gasteiger partial charge in [0.2, 0.25) is 0 Å². The summed E-state index contributed by atoms with van der Waals surface area (Å²) in [5.41, 5.74) is 8.81. The standard InChI is InChI=1S/C76H84O18/c1-53-51-93-69-21-15-59-47-55(57-13-19-67-71(49-57)91-45-37-83-29-27-79-33-41-87-65-9-5-3-7-63(65)85-39-31-77-23-25-81-35-43-89-67)11-17-61(59)75(69)73(53)74-54(2)52-94-70-22-16-60-48-56(12-18-62(60)76(70)74)58-14-20-68-72(50-58)92-46-38-84-30-28-80-34-42-88-66-10-6-4-8-64(66)86-40-32-78-24-26-82-36-44-90-68/h3-22,47-50,53-54H,23-46,51-52H2,1-2H3/b74-73+. The lowest BCUT2D eigenvalue weighted by molar-refractivity contribution is 0.0223. The van der Waals surface area contributed by atoms with Gasteiger partial charge in [0.1, 0.15) is 64.4 Å². The minimum Gasteiger partial charge on any atom is -0.492 e. The van der Waals surface area contributed by atoms with Gasteiger partial charge in [0.05, 0.1) is 119 Å². The lowest BCUT2D eigenvalue weighted by atomic mass is 9.76. The van der Waals surface area contributed by atoms with E-state index < -0.39 is 0 Å².